The molecule has 0 aliphatic carbocycles. The summed E-state index contributed by atoms with van der Waals surface area (Å²) >= 11 is 0. The minimum absolute atomic E-state index is 0.0534. The van der Waals surface area contributed by atoms with E-state index in [1.807, 2.05) is 31.2 Å². The zero-order valence-electron chi connectivity index (χ0n) is 13.0. The lowest BCUT2D eigenvalue weighted by Crippen LogP contribution is -2.26. The Labute approximate surface area is 129 Å². The Bertz CT molecular complexity index is 699. The van der Waals surface area contributed by atoms with Crippen LogP contribution in [0.1, 0.15) is 32.7 Å². The van der Waals surface area contributed by atoms with E-state index in [1.165, 1.54) is 5.56 Å². The molecule has 1 heterocycles. The van der Waals surface area contributed by atoms with Crippen molar-refractivity contribution >= 4 is 11.9 Å². The summed E-state index contributed by atoms with van der Waals surface area (Å²) in [7, 11) is 1.75. The Morgan fingerprint density at radius 1 is 1.18 bits per heavy atom. The third-order valence-electron chi connectivity index (χ3n) is 3.65. The number of nitrogens with zero attached hydrogens (tertiary/aromatic N) is 1. The summed E-state index contributed by atoms with van der Waals surface area (Å²) in [6, 6.07) is 7.91. The molecule has 0 aliphatic rings. The SMILES string of the molecule is Cc1ccc(CNC(=O)Cc2c(C(=O)O)c(C)cn2C)cc1. The van der Waals surface area contributed by atoms with Crippen molar-refractivity contribution in [2.24, 2.45) is 7.05 Å². The second-order valence-electron chi connectivity index (χ2n) is 5.49. The number of carboxylic acid groups (broad SMARTS) is 1. The summed E-state index contributed by atoms with van der Waals surface area (Å²) in [6.07, 6.45) is 1.78. The minimum Gasteiger partial charge on any atom is -0.478 e. The molecule has 0 radical (unpaired) electrons. The van der Waals surface area contributed by atoms with Crippen molar-refractivity contribution < 1.29 is 14.7 Å². The second kappa shape index (κ2) is 6.47. The maximum absolute atomic E-state index is 12.1. The number of nitrogens with one attached hydrogen (secondary N) is 1. The van der Waals surface area contributed by atoms with E-state index >= 15 is 0 Å². The van der Waals surface area contributed by atoms with Gasteiger partial charge in [0.05, 0.1) is 12.0 Å². The van der Waals surface area contributed by atoms with Crippen LogP contribution in [-0.4, -0.2) is 21.6 Å². The molecule has 0 unspecified atom stereocenters. The summed E-state index contributed by atoms with van der Waals surface area (Å²) in [5.41, 5.74) is 3.58. The first kappa shape index (κ1) is 15.8. The molecule has 2 rings (SSSR count). The Hall–Kier alpha value is -2.56. The van der Waals surface area contributed by atoms with Crippen LogP contribution >= 0.6 is 0 Å². The number of aryl methyl sites for hydroxylation is 3. The van der Waals surface area contributed by atoms with Crippen LogP contribution in [0.4, 0.5) is 0 Å². The van der Waals surface area contributed by atoms with Crippen LogP contribution in [0.25, 0.3) is 0 Å². The van der Waals surface area contributed by atoms with Gasteiger partial charge in [-0.25, -0.2) is 4.79 Å². The monoisotopic (exact) mass is 300 g/mol. The number of hydrogen-bond donors (Lipinski definition) is 2. The van der Waals surface area contributed by atoms with Crippen LogP contribution in [-0.2, 0) is 24.8 Å². The number of amides is 1. The molecule has 0 fully saturated rings. The molecule has 5 nitrogen and oxygen atoms in total. The summed E-state index contributed by atoms with van der Waals surface area (Å²) in [6.45, 7) is 4.18. The van der Waals surface area contributed by atoms with Gasteiger partial charge in [0.15, 0.2) is 0 Å². The number of carbonyl (C=O) groups is 2. The first-order chi connectivity index (χ1) is 10.4. The second-order valence-corrected chi connectivity index (χ2v) is 5.49. The number of rotatable bonds is 5. The van der Waals surface area contributed by atoms with Gasteiger partial charge in [0.1, 0.15) is 0 Å². The molecule has 0 saturated heterocycles. The van der Waals surface area contributed by atoms with Crippen molar-refractivity contribution in [1.82, 2.24) is 9.88 Å². The van der Waals surface area contributed by atoms with E-state index in [4.69, 9.17) is 0 Å². The highest BCUT2D eigenvalue weighted by molar-refractivity contribution is 5.93. The van der Waals surface area contributed by atoms with Gasteiger partial charge in [-0.1, -0.05) is 29.8 Å². The molecule has 0 aliphatic heterocycles. The predicted octanol–water partition coefficient (Wildman–Crippen LogP) is 2.20. The van der Waals surface area contributed by atoms with Crippen LogP contribution in [0.5, 0.6) is 0 Å². The molecular formula is C17H20N2O3. The fourth-order valence-electron chi connectivity index (χ4n) is 2.46. The number of hydrogen-bond acceptors (Lipinski definition) is 2. The number of benzene rings is 1. The van der Waals surface area contributed by atoms with Gasteiger partial charge in [-0.15, -0.1) is 0 Å². The maximum atomic E-state index is 12.1. The van der Waals surface area contributed by atoms with Gasteiger partial charge in [0.2, 0.25) is 5.91 Å². The normalized spacial score (nSPS) is 10.5. The Morgan fingerprint density at radius 3 is 2.41 bits per heavy atom. The fourth-order valence-corrected chi connectivity index (χ4v) is 2.46. The van der Waals surface area contributed by atoms with E-state index in [9.17, 15) is 14.7 Å². The standard InChI is InChI=1S/C17H20N2O3/c1-11-4-6-13(7-5-11)9-18-15(20)8-14-16(17(21)22)12(2)10-19(14)3/h4-7,10H,8-9H2,1-3H3,(H,18,20)(H,21,22). The molecule has 5 heteroatoms. The highest BCUT2D eigenvalue weighted by Gasteiger charge is 2.19. The highest BCUT2D eigenvalue weighted by Crippen LogP contribution is 2.16. The molecule has 0 spiro atoms. The van der Waals surface area contributed by atoms with Gasteiger partial charge in [-0.3, -0.25) is 4.79 Å². The van der Waals surface area contributed by atoms with Crippen molar-refractivity contribution in [3.63, 3.8) is 0 Å². The van der Waals surface area contributed by atoms with E-state index in [2.05, 4.69) is 5.32 Å². The van der Waals surface area contributed by atoms with Crippen molar-refractivity contribution in [3.05, 3.63) is 58.4 Å². The summed E-state index contributed by atoms with van der Waals surface area (Å²) in [5, 5.41) is 12.1. The Kier molecular flexibility index (Phi) is 4.65. The van der Waals surface area contributed by atoms with Gasteiger partial charge in [-0.2, -0.15) is 0 Å². The summed E-state index contributed by atoms with van der Waals surface area (Å²) < 4.78 is 1.70. The zero-order chi connectivity index (χ0) is 16.3. The van der Waals surface area contributed by atoms with Gasteiger partial charge in [-0.05, 0) is 25.0 Å². The van der Waals surface area contributed by atoms with Crippen molar-refractivity contribution in [1.29, 1.82) is 0 Å². The molecule has 2 aromatic rings. The van der Waals surface area contributed by atoms with E-state index in [0.29, 0.717) is 17.8 Å². The highest BCUT2D eigenvalue weighted by atomic mass is 16.4. The molecule has 22 heavy (non-hydrogen) atoms. The molecule has 2 N–H and O–H groups in total. The van der Waals surface area contributed by atoms with Crippen LogP contribution in [0, 0.1) is 13.8 Å². The van der Waals surface area contributed by atoms with Crippen LogP contribution in [0.2, 0.25) is 0 Å². The lowest BCUT2D eigenvalue weighted by Gasteiger charge is -2.08. The van der Waals surface area contributed by atoms with Gasteiger partial charge >= 0.3 is 5.97 Å². The molecular weight excluding hydrogens is 280 g/mol. The molecule has 116 valence electrons. The van der Waals surface area contributed by atoms with E-state index in [0.717, 1.165) is 5.56 Å². The topological polar surface area (TPSA) is 71.3 Å². The van der Waals surface area contributed by atoms with Gasteiger partial charge < -0.3 is 15.0 Å². The molecule has 0 saturated carbocycles. The summed E-state index contributed by atoms with van der Waals surface area (Å²) in [4.78, 5) is 23.4. The number of carbonyl (C=O) groups excluding carboxylic acids is 1. The third-order valence-corrected chi connectivity index (χ3v) is 3.65. The van der Waals surface area contributed by atoms with E-state index in [-0.39, 0.29) is 17.9 Å². The first-order valence-electron chi connectivity index (χ1n) is 7.09. The molecule has 0 bridgehead atoms. The predicted molar refractivity (Wildman–Crippen MR) is 83.8 cm³/mol. The molecule has 0 atom stereocenters. The maximum Gasteiger partial charge on any atom is 0.337 e. The average molecular weight is 300 g/mol. The van der Waals surface area contributed by atoms with Gasteiger partial charge in [0, 0.05) is 25.5 Å². The molecule has 1 aromatic carbocycles. The van der Waals surface area contributed by atoms with E-state index in [1.54, 1.807) is 24.7 Å². The number of carboxylic acids is 1. The van der Waals surface area contributed by atoms with Gasteiger partial charge in [0.25, 0.3) is 0 Å². The molecule has 1 aromatic heterocycles. The van der Waals surface area contributed by atoms with Crippen molar-refractivity contribution in [2.45, 2.75) is 26.8 Å². The lowest BCUT2D eigenvalue weighted by molar-refractivity contribution is -0.120. The smallest absolute Gasteiger partial charge is 0.337 e. The van der Waals surface area contributed by atoms with E-state index < -0.39 is 5.97 Å². The third kappa shape index (κ3) is 3.55. The van der Waals surface area contributed by atoms with Crippen LogP contribution in [0.3, 0.4) is 0 Å². The fraction of sp³-hybridized carbons (Fsp3) is 0.294. The number of aromatic nitrogens is 1. The largest absolute Gasteiger partial charge is 0.478 e. The lowest BCUT2D eigenvalue weighted by atomic mass is 10.1. The average Bonchev–Trinajstić information content (AvgIpc) is 2.72. The zero-order valence-corrected chi connectivity index (χ0v) is 13.0. The summed E-state index contributed by atoms with van der Waals surface area (Å²) in [5.74, 6) is -1.19. The molecule has 1 amide bonds. The van der Waals surface area contributed by atoms with Crippen LogP contribution in [0.15, 0.2) is 30.5 Å². The Balaban J connectivity index is 2.03. The Morgan fingerprint density at radius 2 is 1.82 bits per heavy atom. The van der Waals surface area contributed by atoms with Crippen molar-refractivity contribution in [2.75, 3.05) is 0 Å². The quantitative estimate of drug-likeness (QED) is 0.889. The first-order valence-corrected chi connectivity index (χ1v) is 7.09. The minimum atomic E-state index is -1.00. The van der Waals surface area contributed by atoms with Crippen LogP contribution < -0.4 is 5.32 Å². The van der Waals surface area contributed by atoms with Crippen molar-refractivity contribution in [3.8, 4) is 0 Å². The number of aromatic carboxylic acids is 1.